The van der Waals surface area contributed by atoms with Crippen LogP contribution in [0.25, 0.3) is 34.1 Å². The van der Waals surface area contributed by atoms with Crippen molar-refractivity contribution in [1.29, 1.82) is 0 Å². The van der Waals surface area contributed by atoms with Gasteiger partial charge >= 0.3 is 11.9 Å². The molecule has 1 atom stereocenters. The summed E-state index contributed by atoms with van der Waals surface area (Å²) in [5.41, 5.74) is 3.39. The summed E-state index contributed by atoms with van der Waals surface area (Å²) in [6.45, 7) is 2.16. The Balaban J connectivity index is 1.60. The van der Waals surface area contributed by atoms with Gasteiger partial charge in [-0.2, -0.15) is 0 Å². The van der Waals surface area contributed by atoms with Crippen LogP contribution in [-0.2, 0) is 4.79 Å². The number of carboxylic acid groups (broad SMARTS) is 2. The fourth-order valence-corrected chi connectivity index (χ4v) is 4.84. The van der Waals surface area contributed by atoms with Crippen molar-refractivity contribution in [3.05, 3.63) is 93.9 Å². The smallest absolute Gasteiger partial charge is 0.335 e. The van der Waals surface area contributed by atoms with Crippen LogP contribution in [-0.4, -0.2) is 22.2 Å². The van der Waals surface area contributed by atoms with E-state index in [1.54, 1.807) is 18.2 Å². The minimum Gasteiger partial charge on any atom is -0.478 e. The topological polar surface area (TPSA) is 74.6 Å². The van der Waals surface area contributed by atoms with Crippen molar-refractivity contribution in [2.75, 3.05) is 0 Å². The molecule has 4 heteroatoms. The number of hydrogen-bond donors (Lipinski definition) is 2. The maximum absolute atomic E-state index is 11.5. The Labute approximate surface area is 191 Å². The van der Waals surface area contributed by atoms with E-state index in [2.05, 4.69) is 49.4 Å². The minimum atomic E-state index is -0.937. The van der Waals surface area contributed by atoms with E-state index < -0.39 is 11.9 Å². The lowest BCUT2D eigenvalue weighted by atomic mass is 9.73. The van der Waals surface area contributed by atoms with Crippen LogP contribution in [0.5, 0.6) is 0 Å². The summed E-state index contributed by atoms with van der Waals surface area (Å²) < 4.78 is 0. The second kappa shape index (κ2) is 7.89. The SMILES string of the molecule is CC1(C2=CCCC(C(=O)O)=C2)C=c2cc3cc(-c4cccc(C(=O)O)c4)ccc3cc2=CC1. The lowest BCUT2D eigenvalue weighted by Gasteiger charge is -2.31. The molecule has 2 aliphatic carbocycles. The molecule has 0 aromatic heterocycles. The third-order valence-electron chi connectivity index (χ3n) is 6.75. The van der Waals surface area contributed by atoms with Crippen LogP contribution in [0.3, 0.4) is 0 Å². The van der Waals surface area contributed by atoms with Gasteiger partial charge in [0, 0.05) is 11.0 Å². The van der Waals surface area contributed by atoms with E-state index in [9.17, 15) is 19.8 Å². The molecule has 0 radical (unpaired) electrons. The number of allylic oxidation sites excluding steroid dienone is 3. The Hall–Kier alpha value is -3.92. The summed E-state index contributed by atoms with van der Waals surface area (Å²) in [6, 6.07) is 17.5. The van der Waals surface area contributed by atoms with Gasteiger partial charge in [-0.25, -0.2) is 9.59 Å². The zero-order valence-electron chi connectivity index (χ0n) is 18.3. The van der Waals surface area contributed by atoms with E-state index in [1.807, 2.05) is 18.2 Å². The third kappa shape index (κ3) is 3.89. The Kier molecular flexibility index (Phi) is 5.01. The fraction of sp³-hybridized carbons (Fsp3) is 0.172. The molecule has 3 aromatic carbocycles. The first-order valence-corrected chi connectivity index (χ1v) is 11.1. The molecule has 5 rings (SSSR count). The van der Waals surface area contributed by atoms with E-state index >= 15 is 0 Å². The van der Waals surface area contributed by atoms with Gasteiger partial charge in [0.2, 0.25) is 0 Å². The number of carbonyl (C=O) groups is 2. The zero-order chi connectivity index (χ0) is 23.2. The highest BCUT2D eigenvalue weighted by molar-refractivity contribution is 5.92. The van der Waals surface area contributed by atoms with Crippen molar-refractivity contribution in [3.63, 3.8) is 0 Å². The molecule has 0 bridgehead atoms. The highest BCUT2D eigenvalue weighted by Crippen LogP contribution is 2.38. The average molecular weight is 437 g/mol. The van der Waals surface area contributed by atoms with E-state index in [1.165, 1.54) is 5.22 Å². The highest BCUT2D eigenvalue weighted by atomic mass is 16.4. The molecule has 2 N–H and O–H groups in total. The predicted octanol–water partition coefficient (Wildman–Crippen LogP) is 4.91. The van der Waals surface area contributed by atoms with E-state index in [4.69, 9.17) is 0 Å². The Bertz CT molecular complexity index is 1510. The predicted molar refractivity (Wildman–Crippen MR) is 130 cm³/mol. The van der Waals surface area contributed by atoms with Crippen molar-refractivity contribution in [1.82, 2.24) is 0 Å². The van der Waals surface area contributed by atoms with Gasteiger partial charge in [0.05, 0.1) is 5.56 Å². The summed E-state index contributed by atoms with van der Waals surface area (Å²) in [7, 11) is 0. The van der Waals surface area contributed by atoms with Crippen LogP contribution in [0, 0.1) is 5.41 Å². The first kappa shape index (κ1) is 21.0. The van der Waals surface area contributed by atoms with Crippen molar-refractivity contribution in [3.8, 4) is 11.1 Å². The molecule has 0 spiro atoms. The lowest BCUT2D eigenvalue weighted by Crippen LogP contribution is -2.33. The highest BCUT2D eigenvalue weighted by Gasteiger charge is 2.28. The summed E-state index contributed by atoms with van der Waals surface area (Å²) >= 11 is 0. The van der Waals surface area contributed by atoms with Gasteiger partial charge in [-0.1, -0.05) is 49.4 Å². The number of aliphatic carboxylic acids is 1. The van der Waals surface area contributed by atoms with Crippen LogP contribution in [0.2, 0.25) is 0 Å². The third-order valence-corrected chi connectivity index (χ3v) is 6.75. The van der Waals surface area contributed by atoms with Crippen molar-refractivity contribution >= 4 is 34.9 Å². The number of carboxylic acids is 2. The zero-order valence-corrected chi connectivity index (χ0v) is 18.3. The molecule has 4 nitrogen and oxygen atoms in total. The Morgan fingerprint density at radius 1 is 0.848 bits per heavy atom. The lowest BCUT2D eigenvalue weighted by molar-refractivity contribution is -0.132. The van der Waals surface area contributed by atoms with Crippen LogP contribution in [0.4, 0.5) is 0 Å². The number of benzene rings is 3. The van der Waals surface area contributed by atoms with Gasteiger partial charge in [-0.3, -0.25) is 0 Å². The monoisotopic (exact) mass is 436 g/mol. The first-order chi connectivity index (χ1) is 15.8. The Morgan fingerprint density at radius 3 is 2.42 bits per heavy atom. The summed E-state index contributed by atoms with van der Waals surface area (Å²) in [5.74, 6) is -1.77. The minimum absolute atomic E-state index is 0.255. The fourth-order valence-electron chi connectivity index (χ4n) is 4.84. The Morgan fingerprint density at radius 2 is 1.64 bits per heavy atom. The molecule has 0 fully saturated rings. The quantitative estimate of drug-likeness (QED) is 0.610. The van der Waals surface area contributed by atoms with Crippen molar-refractivity contribution in [2.45, 2.75) is 26.2 Å². The van der Waals surface area contributed by atoms with Crippen LogP contribution in [0.15, 0.2) is 77.9 Å². The molecule has 0 saturated carbocycles. The van der Waals surface area contributed by atoms with Crippen molar-refractivity contribution < 1.29 is 19.8 Å². The standard InChI is InChI=1S/C29H24O4/c1-29(26-7-3-6-23(16-26)28(32)33)11-10-21-12-20-9-8-19(14-24(20)15-25(21)17-29)18-4-2-5-22(13-18)27(30)31/h2,4-5,7-10,12-17H,3,6,11H2,1H3,(H,30,31)(H,32,33). The maximum atomic E-state index is 11.5. The van der Waals surface area contributed by atoms with Crippen molar-refractivity contribution in [2.24, 2.45) is 5.41 Å². The number of aromatic carboxylic acids is 1. The maximum Gasteiger partial charge on any atom is 0.335 e. The number of rotatable bonds is 4. The normalized spacial score (nSPS) is 19.5. The molecule has 1 unspecified atom stereocenters. The van der Waals surface area contributed by atoms with Gasteiger partial charge in [0.25, 0.3) is 0 Å². The van der Waals surface area contributed by atoms with E-state index in [0.29, 0.717) is 12.0 Å². The largest absolute Gasteiger partial charge is 0.478 e. The first-order valence-electron chi connectivity index (χ1n) is 11.1. The van der Waals surface area contributed by atoms with Gasteiger partial charge in [0.1, 0.15) is 0 Å². The van der Waals surface area contributed by atoms with E-state index in [0.717, 1.165) is 45.5 Å². The number of hydrogen-bond acceptors (Lipinski definition) is 2. The molecule has 33 heavy (non-hydrogen) atoms. The second-order valence-electron chi connectivity index (χ2n) is 9.07. The summed E-state index contributed by atoms with van der Waals surface area (Å²) in [4.78, 5) is 22.9. The number of fused-ring (bicyclic) bond motifs is 2. The van der Waals surface area contributed by atoms with Gasteiger partial charge in [-0.05, 0) is 93.6 Å². The van der Waals surface area contributed by atoms with Crippen LogP contribution in [0.1, 0.15) is 36.5 Å². The van der Waals surface area contributed by atoms with Crippen LogP contribution >= 0.6 is 0 Å². The molecule has 0 aliphatic heterocycles. The van der Waals surface area contributed by atoms with E-state index in [-0.39, 0.29) is 11.0 Å². The second-order valence-corrected chi connectivity index (χ2v) is 9.07. The average Bonchev–Trinajstić information content (AvgIpc) is 2.82. The molecule has 164 valence electrons. The molecule has 0 saturated heterocycles. The molecule has 0 amide bonds. The summed E-state index contributed by atoms with van der Waals surface area (Å²) in [6.07, 6.45) is 10.6. The molecular formula is C29H24O4. The molecule has 3 aromatic rings. The molecule has 2 aliphatic rings. The molecular weight excluding hydrogens is 412 g/mol. The van der Waals surface area contributed by atoms with Gasteiger partial charge in [-0.15, -0.1) is 0 Å². The summed E-state index contributed by atoms with van der Waals surface area (Å²) in [5, 5.41) is 23.3. The van der Waals surface area contributed by atoms with Gasteiger partial charge in [0.15, 0.2) is 0 Å². The molecule has 0 heterocycles. The van der Waals surface area contributed by atoms with Crippen LogP contribution < -0.4 is 10.4 Å². The van der Waals surface area contributed by atoms with Gasteiger partial charge < -0.3 is 10.2 Å².